The van der Waals surface area contributed by atoms with E-state index in [4.69, 9.17) is 4.74 Å². The Morgan fingerprint density at radius 1 is 0.841 bits per heavy atom. The number of carbonyl (C=O) groups excluding carboxylic acids is 2. The molecule has 0 spiro atoms. The Hall–Kier alpha value is -4.32. The van der Waals surface area contributed by atoms with E-state index in [9.17, 15) is 50.4 Å². The number of nitrogens with zero attached hydrogens (tertiary/aromatic N) is 2. The average molecular weight is 609 g/mol. The molecule has 10 N–H and O–H groups in total. The largest absolute Gasteiger partial charge is 0.508 e. The number of benzene rings is 3. The van der Waals surface area contributed by atoms with Gasteiger partial charge in [-0.05, 0) is 36.4 Å². The van der Waals surface area contributed by atoms with E-state index in [0.717, 1.165) is 0 Å². The van der Waals surface area contributed by atoms with Crippen LogP contribution < -0.4 is 5.43 Å². The van der Waals surface area contributed by atoms with E-state index in [1.165, 1.54) is 34.9 Å². The number of rotatable bonds is 6. The van der Waals surface area contributed by atoms with Crippen molar-refractivity contribution < 1.29 is 55.2 Å². The second-order valence-corrected chi connectivity index (χ2v) is 11.0. The third-order valence-corrected chi connectivity index (χ3v) is 8.46. The molecule has 4 heterocycles. The molecule has 0 aliphatic carbocycles. The first kappa shape index (κ1) is 28.5. The van der Waals surface area contributed by atoms with Crippen LogP contribution in [0.1, 0.15) is 26.9 Å². The number of hydrazine groups is 1. The van der Waals surface area contributed by atoms with Crippen molar-refractivity contribution in [3.8, 4) is 11.5 Å². The molecule has 15 nitrogen and oxygen atoms in total. The summed E-state index contributed by atoms with van der Waals surface area (Å²) in [6, 6.07) is 7.55. The van der Waals surface area contributed by atoms with E-state index in [2.05, 4.69) is 10.4 Å². The Kier molecular flexibility index (Phi) is 6.54. The van der Waals surface area contributed by atoms with Crippen LogP contribution in [0, 0.1) is 0 Å². The molecule has 0 radical (unpaired) electrons. The number of aromatic hydroxyl groups is 2. The summed E-state index contributed by atoms with van der Waals surface area (Å²) in [5, 5.41) is 84.1. The molecular weight excluding hydrogens is 580 g/mol. The molecule has 7 rings (SSSR count). The summed E-state index contributed by atoms with van der Waals surface area (Å²) >= 11 is 0. The maximum atomic E-state index is 14.1. The van der Waals surface area contributed by atoms with E-state index >= 15 is 0 Å². The molecule has 15 heteroatoms. The van der Waals surface area contributed by atoms with Gasteiger partial charge in [-0.15, -0.1) is 0 Å². The number of aromatic nitrogens is 2. The summed E-state index contributed by atoms with van der Waals surface area (Å²) in [5.41, 5.74) is 3.65. The third kappa shape index (κ3) is 3.79. The quantitative estimate of drug-likeness (QED) is 0.107. The fraction of sp³-hybridized carbons (Fsp3) is 0.310. The zero-order valence-electron chi connectivity index (χ0n) is 22.7. The third-order valence-electron chi connectivity index (χ3n) is 8.46. The van der Waals surface area contributed by atoms with Crippen molar-refractivity contribution in [1.82, 2.24) is 20.0 Å². The van der Waals surface area contributed by atoms with Gasteiger partial charge in [0.15, 0.2) is 6.23 Å². The van der Waals surface area contributed by atoms with Crippen molar-refractivity contribution >= 4 is 55.4 Å². The van der Waals surface area contributed by atoms with Gasteiger partial charge in [0.2, 0.25) is 0 Å². The SMILES string of the molecule is O=C1c2c(c3c4cc(O)ccc4n([C@@H]4O[C@H](CO)[C@@H](O)[C@H](O)[C@H]4O)c3c3[nH]c4ccc(O)cc4c23)C(=O)N1NC(CO)CO. The number of phenols is 2. The Bertz CT molecular complexity index is 2000. The van der Waals surface area contributed by atoms with E-state index in [1.807, 2.05) is 0 Å². The van der Waals surface area contributed by atoms with Crippen LogP contribution in [0.2, 0.25) is 0 Å². The predicted molar refractivity (Wildman–Crippen MR) is 153 cm³/mol. The van der Waals surface area contributed by atoms with Gasteiger partial charge >= 0.3 is 0 Å². The van der Waals surface area contributed by atoms with Gasteiger partial charge in [0.1, 0.15) is 35.9 Å². The first-order valence-electron chi connectivity index (χ1n) is 13.7. The molecule has 1 saturated heterocycles. The van der Waals surface area contributed by atoms with Crippen LogP contribution in [0.15, 0.2) is 36.4 Å². The van der Waals surface area contributed by atoms with E-state index in [1.54, 1.807) is 6.07 Å². The Labute approximate surface area is 246 Å². The zero-order chi connectivity index (χ0) is 31.2. The Morgan fingerprint density at radius 3 is 2.14 bits per heavy atom. The topological polar surface area (TPSA) is 241 Å². The molecule has 0 saturated carbocycles. The van der Waals surface area contributed by atoms with Crippen molar-refractivity contribution in [2.75, 3.05) is 19.8 Å². The van der Waals surface area contributed by atoms with E-state index in [-0.39, 0.29) is 49.8 Å². The van der Waals surface area contributed by atoms with Gasteiger partial charge in [-0.3, -0.25) is 9.59 Å². The van der Waals surface area contributed by atoms with Gasteiger partial charge in [0.05, 0.1) is 53.5 Å². The maximum Gasteiger partial charge on any atom is 0.276 e. The van der Waals surface area contributed by atoms with Crippen LogP contribution in [-0.4, -0.2) is 118 Å². The van der Waals surface area contributed by atoms with Gasteiger partial charge in [-0.25, -0.2) is 10.4 Å². The number of hydrogen-bond acceptors (Lipinski definition) is 12. The minimum Gasteiger partial charge on any atom is -0.508 e. The zero-order valence-corrected chi connectivity index (χ0v) is 22.7. The Morgan fingerprint density at radius 2 is 1.48 bits per heavy atom. The molecule has 0 bridgehead atoms. The normalized spacial score (nSPS) is 24.2. The highest BCUT2D eigenvalue weighted by atomic mass is 16.6. The van der Waals surface area contributed by atoms with Crippen molar-refractivity contribution in [1.29, 1.82) is 0 Å². The number of hydrogen-bond donors (Lipinski definition) is 10. The number of aromatic amines is 1. The number of amides is 2. The van der Waals surface area contributed by atoms with Gasteiger partial charge in [0, 0.05) is 27.1 Å². The van der Waals surface area contributed by atoms with Crippen molar-refractivity contribution in [3.05, 3.63) is 47.5 Å². The van der Waals surface area contributed by atoms with E-state index in [0.29, 0.717) is 21.4 Å². The molecule has 1 fully saturated rings. The highest BCUT2D eigenvalue weighted by Crippen LogP contribution is 2.48. The summed E-state index contributed by atoms with van der Waals surface area (Å²) in [6.45, 7) is -1.89. The summed E-state index contributed by atoms with van der Waals surface area (Å²) in [4.78, 5) is 31.3. The average Bonchev–Trinajstić information content (AvgIpc) is 3.62. The van der Waals surface area contributed by atoms with Crippen molar-refractivity contribution in [2.45, 2.75) is 36.7 Å². The predicted octanol–water partition coefficient (Wildman–Crippen LogP) is -0.734. The maximum absolute atomic E-state index is 14.1. The lowest BCUT2D eigenvalue weighted by atomic mass is 9.96. The number of fused-ring (bicyclic) bond motifs is 10. The molecule has 44 heavy (non-hydrogen) atoms. The molecular formula is C29H28N4O11. The molecule has 2 aromatic heterocycles. The van der Waals surface area contributed by atoms with Crippen molar-refractivity contribution in [2.24, 2.45) is 0 Å². The van der Waals surface area contributed by atoms with Gasteiger partial charge in [-0.1, -0.05) is 0 Å². The molecule has 5 aromatic rings. The number of ether oxygens (including phenoxy) is 1. The number of phenolic OH excluding ortho intramolecular Hbond substituents is 2. The van der Waals surface area contributed by atoms with Gasteiger partial charge in [-0.2, -0.15) is 0 Å². The minimum atomic E-state index is -1.74. The van der Waals surface area contributed by atoms with E-state index < -0.39 is 68.3 Å². The molecule has 230 valence electrons. The molecule has 2 aliphatic heterocycles. The monoisotopic (exact) mass is 608 g/mol. The highest BCUT2D eigenvalue weighted by Gasteiger charge is 2.47. The standard InChI is InChI=1S/C29H28N4O11/c34-7-10(8-35)31-33-27(42)20-18-13-5-11(37)1-3-15(13)30-22(18)23-19(21(20)28(33)43)14-6-12(38)2-4-16(14)32(23)29-26(41)25(40)24(39)17(9-36)44-29/h1-6,10,17,24-26,29-31,34-41H,7-9H2/t17-,24-,25+,26-,29-/m1/s1. The number of H-pyrrole nitrogens is 1. The summed E-state index contributed by atoms with van der Waals surface area (Å²) in [5.74, 6) is -1.95. The summed E-state index contributed by atoms with van der Waals surface area (Å²) in [6.07, 6.45) is -7.83. The van der Waals surface area contributed by atoms with Crippen LogP contribution in [0.5, 0.6) is 11.5 Å². The van der Waals surface area contributed by atoms with Crippen LogP contribution in [0.25, 0.3) is 43.6 Å². The van der Waals surface area contributed by atoms with Gasteiger partial charge < -0.3 is 55.1 Å². The number of aliphatic hydroxyl groups is 6. The summed E-state index contributed by atoms with van der Waals surface area (Å²) < 4.78 is 7.40. The number of carbonyl (C=O) groups is 2. The molecule has 3 aromatic carbocycles. The molecule has 2 amide bonds. The summed E-state index contributed by atoms with van der Waals surface area (Å²) in [7, 11) is 0. The van der Waals surface area contributed by atoms with Crippen LogP contribution in [0.4, 0.5) is 0 Å². The Balaban J connectivity index is 1.65. The number of nitrogens with one attached hydrogen (secondary N) is 2. The van der Waals surface area contributed by atoms with Crippen LogP contribution in [0.3, 0.4) is 0 Å². The lowest BCUT2D eigenvalue weighted by Gasteiger charge is -2.41. The van der Waals surface area contributed by atoms with Crippen LogP contribution >= 0.6 is 0 Å². The highest BCUT2D eigenvalue weighted by molar-refractivity contribution is 6.39. The first-order valence-corrected chi connectivity index (χ1v) is 13.7. The second kappa shape index (κ2) is 10.1. The molecule has 0 unspecified atom stereocenters. The molecule has 2 aliphatic rings. The first-order chi connectivity index (χ1) is 21.1. The number of imide groups is 1. The fourth-order valence-electron chi connectivity index (χ4n) is 6.41. The fourth-order valence-corrected chi connectivity index (χ4v) is 6.41. The molecule has 5 atom stereocenters. The second-order valence-electron chi connectivity index (χ2n) is 11.0. The van der Waals surface area contributed by atoms with Gasteiger partial charge in [0.25, 0.3) is 11.8 Å². The lowest BCUT2D eigenvalue weighted by Crippen LogP contribution is -2.56. The van der Waals surface area contributed by atoms with Crippen LogP contribution in [-0.2, 0) is 4.74 Å². The smallest absolute Gasteiger partial charge is 0.276 e. The minimum absolute atomic E-state index is 0.0623. The van der Waals surface area contributed by atoms with Crippen molar-refractivity contribution in [3.63, 3.8) is 0 Å². The number of aliphatic hydroxyl groups excluding tert-OH is 6. The lowest BCUT2D eigenvalue weighted by molar-refractivity contribution is -0.249.